The van der Waals surface area contributed by atoms with Crippen molar-refractivity contribution in [2.45, 2.75) is 159 Å². The second-order valence-corrected chi connectivity index (χ2v) is 16.4. The van der Waals surface area contributed by atoms with Crippen molar-refractivity contribution in [3.63, 3.8) is 0 Å². The molecule has 9 atom stereocenters. The van der Waals surface area contributed by atoms with E-state index in [2.05, 4.69) is 34.3 Å². The van der Waals surface area contributed by atoms with E-state index in [0.717, 1.165) is 31.3 Å². The highest BCUT2D eigenvalue weighted by Crippen LogP contribution is 2.43. The third-order valence-electron chi connectivity index (χ3n) is 10.7. The highest BCUT2D eigenvalue weighted by atomic mass is 127. The molecule has 1 saturated carbocycles. The first-order chi connectivity index (χ1) is 26.2. The molecule has 3 saturated heterocycles. The minimum absolute atomic E-state index is 0.00225. The van der Waals surface area contributed by atoms with Crippen molar-refractivity contribution in [1.29, 1.82) is 0 Å². The highest BCUT2D eigenvalue weighted by Gasteiger charge is 2.58. The molecule has 4 amide bonds. The number of carbonyl (C=O) groups excluding carboxylic acids is 5. The van der Waals surface area contributed by atoms with E-state index in [-0.39, 0.29) is 66.3 Å². The van der Waals surface area contributed by atoms with Crippen LogP contribution in [0.1, 0.15) is 98.8 Å². The van der Waals surface area contributed by atoms with Crippen molar-refractivity contribution >= 4 is 52.2 Å². The van der Waals surface area contributed by atoms with Gasteiger partial charge in [-0.15, -0.1) is 0 Å². The van der Waals surface area contributed by atoms with Gasteiger partial charge in [0.1, 0.15) is 23.9 Å². The molecule has 55 heavy (non-hydrogen) atoms. The summed E-state index contributed by atoms with van der Waals surface area (Å²) >= 11 is 2.03. The smallest absolute Gasteiger partial charge is 0.303 e. The van der Waals surface area contributed by atoms with E-state index < -0.39 is 36.0 Å². The van der Waals surface area contributed by atoms with Crippen LogP contribution in [0.2, 0.25) is 0 Å². The molecule has 308 valence electrons. The van der Waals surface area contributed by atoms with Gasteiger partial charge in [-0.3, -0.25) is 24.0 Å². The number of rotatable bonds is 19. The number of epoxide rings is 1. The molecule has 14 nitrogen and oxygen atoms in total. The molecule has 4 fully saturated rings. The van der Waals surface area contributed by atoms with Gasteiger partial charge in [0, 0.05) is 44.5 Å². The molecular weight excluding hydrogens is 823 g/mol. The Morgan fingerprint density at radius 3 is 2.33 bits per heavy atom. The number of hydrogen-bond donors (Lipinski definition) is 5. The van der Waals surface area contributed by atoms with Crippen LogP contribution in [0.5, 0.6) is 0 Å². The van der Waals surface area contributed by atoms with Gasteiger partial charge in [-0.1, -0.05) is 59.7 Å². The molecule has 15 heteroatoms. The van der Waals surface area contributed by atoms with Crippen molar-refractivity contribution in [3.8, 4) is 0 Å². The molecule has 1 aliphatic carbocycles. The number of ether oxygens (including phenoxy) is 4. The first kappa shape index (κ1) is 44.8. The predicted octanol–water partition coefficient (Wildman–Crippen LogP) is 3.24. The van der Waals surface area contributed by atoms with Crippen molar-refractivity contribution in [2.24, 2.45) is 5.92 Å². The maximum Gasteiger partial charge on any atom is 0.303 e. The quantitative estimate of drug-likeness (QED) is 0.0245. The molecule has 4 rings (SSSR count). The van der Waals surface area contributed by atoms with Gasteiger partial charge >= 0.3 is 5.97 Å². The van der Waals surface area contributed by atoms with Gasteiger partial charge in [0.2, 0.25) is 23.6 Å². The van der Waals surface area contributed by atoms with Crippen LogP contribution in [0.25, 0.3) is 0 Å². The Morgan fingerprint density at radius 2 is 1.65 bits per heavy atom. The molecule has 0 aromatic carbocycles. The Morgan fingerprint density at radius 1 is 0.945 bits per heavy atom. The number of unbranched alkanes of at least 4 members (excludes halogenated alkanes) is 2. The minimum Gasteiger partial charge on any atom is -0.459 e. The lowest BCUT2D eigenvalue weighted by Crippen LogP contribution is -2.55. The zero-order valence-electron chi connectivity index (χ0n) is 32.9. The third-order valence-corrected chi connectivity index (χ3v) is 11.4. The fourth-order valence-corrected chi connectivity index (χ4v) is 7.67. The zero-order valence-corrected chi connectivity index (χ0v) is 35.0. The van der Waals surface area contributed by atoms with E-state index >= 15 is 0 Å². The number of hydrogen-bond acceptors (Lipinski definition) is 10. The number of halogens is 1. The normalized spacial score (nSPS) is 32.4. The second-order valence-electron chi connectivity index (χ2n) is 15.6. The lowest BCUT2D eigenvalue weighted by Gasteiger charge is -2.39. The Bertz CT molecular complexity index is 1430. The fraction of sp³-hybridized carbons (Fsp3) is 0.725. The van der Waals surface area contributed by atoms with Crippen LogP contribution in [0.15, 0.2) is 36.0 Å². The summed E-state index contributed by atoms with van der Waals surface area (Å²) < 4.78 is 23.7. The minimum atomic E-state index is -0.845. The summed E-state index contributed by atoms with van der Waals surface area (Å²) in [7, 11) is 0. The van der Waals surface area contributed by atoms with E-state index in [9.17, 15) is 29.1 Å². The number of allylic oxidation sites excluding steroid dienone is 2. The highest BCUT2D eigenvalue weighted by molar-refractivity contribution is 14.1. The van der Waals surface area contributed by atoms with Crippen LogP contribution in [-0.4, -0.2) is 113 Å². The molecule has 4 aliphatic rings. The number of carbonyl (C=O) groups is 5. The third kappa shape index (κ3) is 14.9. The molecule has 0 aromatic heterocycles. The molecule has 3 heterocycles. The Labute approximate surface area is 338 Å². The topological polar surface area (TPSA) is 194 Å². The first-order valence-electron chi connectivity index (χ1n) is 19.7. The average Bonchev–Trinajstić information content (AvgIpc) is 3.88. The SMILES string of the molecule is CC(=O)O[C@@H](C)/C=C\C(=O)N[C@@H]1C[C@H](C)[C@H](C/C=C(C)/C=C/[C@H]2O[C@H](CC(=O)N[C@H]3C[C@H](NC(=O)CCCCCNC(=O)CI)C3)C[C@@]3(CO3)[C@@H]2O)O[C@@H]1C. The first-order valence-corrected chi connectivity index (χ1v) is 21.2. The summed E-state index contributed by atoms with van der Waals surface area (Å²) in [6.07, 6.45) is 12.5. The molecule has 5 N–H and O–H groups in total. The summed E-state index contributed by atoms with van der Waals surface area (Å²) in [5.41, 5.74) is 0.283. The molecule has 0 bridgehead atoms. The van der Waals surface area contributed by atoms with Crippen molar-refractivity contribution < 1.29 is 48.0 Å². The van der Waals surface area contributed by atoms with Gasteiger partial charge in [-0.05, 0) is 71.3 Å². The van der Waals surface area contributed by atoms with E-state index in [1.165, 1.54) is 13.0 Å². The van der Waals surface area contributed by atoms with E-state index in [1.807, 2.05) is 48.6 Å². The summed E-state index contributed by atoms with van der Waals surface area (Å²) in [6.45, 7) is 10.1. The zero-order chi connectivity index (χ0) is 40.1. The van der Waals surface area contributed by atoms with Gasteiger partial charge in [0.25, 0.3) is 0 Å². The lowest BCUT2D eigenvalue weighted by atomic mass is 9.85. The molecular formula is C40H61IN4O10. The van der Waals surface area contributed by atoms with Gasteiger partial charge in [-0.2, -0.15) is 0 Å². The molecule has 3 aliphatic heterocycles. The molecule has 1 spiro atoms. The number of aliphatic hydroxyl groups is 1. The van der Waals surface area contributed by atoms with E-state index in [4.69, 9.17) is 18.9 Å². The average molecular weight is 885 g/mol. The standard InChI is InChI=1S/C40H61IN4O10/c1-24(10-13-33-25(2)17-32(27(4)54-33)45-36(48)15-12-26(3)53-28(5)46)11-14-34-39(51)40(23-52-40)21-31(55-34)20-37(49)44-30-18-29(19-30)43-35(47)9-7-6-8-16-42-38(50)22-41/h10-12,14-15,25-27,29-34,39,51H,6-9,13,16-23H2,1-5H3,(H,42,50)(H,43,47)(H,44,49)(H,45,48)/b14-11+,15-12-,24-10+/t25-,26-,27+,29-,30-,31+,32+,33-,34+,39+,40+/m0/s1. The van der Waals surface area contributed by atoms with Gasteiger partial charge in [-0.25, -0.2) is 0 Å². The molecule has 0 unspecified atom stereocenters. The number of aliphatic hydroxyl groups excluding tert-OH is 1. The van der Waals surface area contributed by atoms with Crippen LogP contribution in [-0.2, 0) is 42.9 Å². The van der Waals surface area contributed by atoms with Crippen LogP contribution in [0.3, 0.4) is 0 Å². The van der Waals surface area contributed by atoms with Crippen LogP contribution in [0, 0.1) is 5.92 Å². The predicted molar refractivity (Wildman–Crippen MR) is 214 cm³/mol. The van der Waals surface area contributed by atoms with Crippen LogP contribution >= 0.6 is 22.6 Å². The Balaban J connectivity index is 1.15. The molecule has 0 aromatic rings. The van der Waals surface area contributed by atoms with E-state index in [0.29, 0.717) is 49.7 Å². The lowest BCUT2D eigenvalue weighted by molar-refractivity contribution is -0.146. The summed E-state index contributed by atoms with van der Waals surface area (Å²) in [6, 6.07) is -0.0972. The fourth-order valence-electron chi connectivity index (χ4n) is 7.40. The Kier molecular flexibility index (Phi) is 17.6. The van der Waals surface area contributed by atoms with Gasteiger partial charge < -0.3 is 45.3 Å². The Hall–Kier alpha value is -2.86. The van der Waals surface area contributed by atoms with Crippen LogP contribution < -0.4 is 21.3 Å². The number of esters is 1. The maximum absolute atomic E-state index is 13.0. The van der Waals surface area contributed by atoms with Crippen LogP contribution in [0.4, 0.5) is 0 Å². The summed E-state index contributed by atoms with van der Waals surface area (Å²) in [4.78, 5) is 60.1. The number of alkyl halides is 1. The van der Waals surface area contributed by atoms with Gasteiger partial charge in [0.05, 0.1) is 41.8 Å². The monoisotopic (exact) mass is 884 g/mol. The summed E-state index contributed by atoms with van der Waals surface area (Å²) in [5.74, 6) is -0.549. The van der Waals surface area contributed by atoms with Crippen molar-refractivity contribution in [1.82, 2.24) is 21.3 Å². The van der Waals surface area contributed by atoms with Crippen molar-refractivity contribution in [2.75, 3.05) is 17.6 Å². The van der Waals surface area contributed by atoms with Crippen molar-refractivity contribution in [3.05, 3.63) is 36.0 Å². The number of amides is 4. The van der Waals surface area contributed by atoms with Gasteiger partial charge in [0.15, 0.2) is 0 Å². The largest absolute Gasteiger partial charge is 0.459 e. The van der Waals surface area contributed by atoms with E-state index in [1.54, 1.807) is 13.0 Å². The maximum atomic E-state index is 13.0. The molecule has 0 radical (unpaired) electrons. The number of nitrogens with one attached hydrogen (secondary N) is 4. The second kappa shape index (κ2) is 21.6. The summed E-state index contributed by atoms with van der Waals surface area (Å²) in [5, 5.41) is 23.0.